The Morgan fingerprint density at radius 1 is 0.966 bits per heavy atom. The van der Waals surface area contributed by atoms with Crippen LogP contribution in [0.5, 0.6) is 11.5 Å². The van der Waals surface area contributed by atoms with Crippen LogP contribution in [0, 0.1) is 0 Å². The molecular weight excluding hydrogens is 388 g/mol. The van der Waals surface area contributed by atoms with E-state index in [0.717, 1.165) is 17.7 Å². The lowest BCUT2D eigenvalue weighted by Crippen LogP contribution is -2.29. The highest BCUT2D eigenvalue weighted by Gasteiger charge is 2.17. The standard InChI is InChI=1S/C23H27ClN2O3/c24-20-12-19(13-21-23(20)29-11-10-28-21)14-22(27)25-15-17-4-6-18(7-5-17)16-26-8-2-1-3-9-26/h4-7,12-13H,1-3,8-11,14-16H2,(H,25,27). The Morgan fingerprint density at radius 2 is 1.69 bits per heavy atom. The normalized spacial score (nSPS) is 16.4. The van der Waals surface area contributed by atoms with E-state index in [4.69, 9.17) is 21.1 Å². The summed E-state index contributed by atoms with van der Waals surface area (Å²) in [6.45, 7) is 4.90. The van der Waals surface area contributed by atoms with Crippen molar-refractivity contribution in [2.75, 3.05) is 26.3 Å². The predicted octanol–water partition coefficient (Wildman–Crippen LogP) is 3.96. The van der Waals surface area contributed by atoms with Crippen LogP contribution in [0.1, 0.15) is 36.0 Å². The molecule has 1 amide bonds. The molecular formula is C23H27ClN2O3. The van der Waals surface area contributed by atoms with Crippen molar-refractivity contribution in [1.29, 1.82) is 0 Å². The summed E-state index contributed by atoms with van der Waals surface area (Å²) in [5.41, 5.74) is 3.24. The van der Waals surface area contributed by atoms with E-state index in [1.807, 2.05) is 6.07 Å². The maximum Gasteiger partial charge on any atom is 0.224 e. The number of nitrogens with one attached hydrogen (secondary N) is 1. The highest BCUT2D eigenvalue weighted by atomic mass is 35.5. The first-order valence-corrected chi connectivity index (χ1v) is 10.7. The molecule has 0 radical (unpaired) electrons. The molecule has 2 aromatic rings. The minimum Gasteiger partial charge on any atom is -0.486 e. The van der Waals surface area contributed by atoms with Gasteiger partial charge in [-0.15, -0.1) is 0 Å². The number of nitrogens with zero attached hydrogens (tertiary/aromatic N) is 1. The van der Waals surface area contributed by atoms with E-state index < -0.39 is 0 Å². The first-order valence-electron chi connectivity index (χ1n) is 10.3. The zero-order chi connectivity index (χ0) is 20.1. The molecule has 2 aromatic carbocycles. The summed E-state index contributed by atoms with van der Waals surface area (Å²) in [6.07, 6.45) is 4.22. The molecule has 0 aliphatic carbocycles. The molecule has 154 valence electrons. The van der Waals surface area contributed by atoms with Crippen molar-refractivity contribution in [3.05, 3.63) is 58.1 Å². The molecule has 2 aliphatic rings. The van der Waals surface area contributed by atoms with Crippen molar-refractivity contribution >= 4 is 17.5 Å². The summed E-state index contributed by atoms with van der Waals surface area (Å²) in [5, 5.41) is 3.46. The summed E-state index contributed by atoms with van der Waals surface area (Å²) < 4.78 is 11.1. The van der Waals surface area contributed by atoms with Crippen LogP contribution in [0.2, 0.25) is 5.02 Å². The third-order valence-electron chi connectivity index (χ3n) is 5.39. The zero-order valence-electron chi connectivity index (χ0n) is 16.6. The summed E-state index contributed by atoms with van der Waals surface area (Å²) in [4.78, 5) is 14.9. The number of ether oxygens (including phenoxy) is 2. The fraction of sp³-hybridized carbons (Fsp3) is 0.435. The van der Waals surface area contributed by atoms with Crippen molar-refractivity contribution in [1.82, 2.24) is 10.2 Å². The third kappa shape index (κ3) is 5.43. The second-order valence-corrected chi connectivity index (χ2v) is 8.12. The van der Waals surface area contributed by atoms with Gasteiger partial charge in [0.05, 0.1) is 11.4 Å². The number of hydrogen-bond donors (Lipinski definition) is 1. The van der Waals surface area contributed by atoms with Crippen molar-refractivity contribution in [2.24, 2.45) is 0 Å². The fourth-order valence-corrected chi connectivity index (χ4v) is 4.14. The van der Waals surface area contributed by atoms with Crippen LogP contribution in [-0.4, -0.2) is 37.1 Å². The number of fused-ring (bicyclic) bond motifs is 1. The van der Waals surface area contributed by atoms with Crippen LogP contribution in [0.25, 0.3) is 0 Å². The molecule has 6 heteroatoms. The molecule has 0 unspecified atom stereocenters. The lowest BCUT2D eigenvalue weighted by atomic mass is 10.1. The van der Waals surface area contributed by atoms with E-state index in [1.54, 1.807) is 6.07 Å². The van der Waals surface area contributed by atoms with E-state index in [9.17, 15) is 4.79 Å². The summed E-state index contributed by atoms with van der Waals surface area (Å²) in [5.74, 6) is 1.12. The maximum atomic E-state index is 12.4. The highest BCUT2D eigenvalue weighted by Crippen LogP contribution is 2.38. The Morgan fingerprint density at radius 3 is 2.48 bits per heavy atom. The van der Waals surface area contributed by atoms with Crippen LogP contribution >= 0.6 is 11.6 Å². The Bertz CT molecular complexity index is 848. The molecule has 1 N–H and O–H groups in total. The van der Waals surface area contributed by atoms with Crippen LogP contribution in [0.4, 0.5) is 0 Å². The van der Waals surface area contributed by atoms with Crippen LogP contribution < -0.4 is 14.8 Å². The zero-order valence-corrected chi connectivity index (χ0v) is 17.3. The highest BCUT2D eigenvalue weighted by molar-refractivity contribution is 6.32. The van der Waals surface area contributed by atoms with Crippen LogP contribution in [-0.2, 0) is 24.3 Å². The Hall–Kier alpha value is -2.24. The first kappa shape index (κ1) is 20.0. The van der Waals surface area contributed by atoms with E-state index in [2.05, 4.69) is 34.5 Å². The van der Waals surface area contributed by atoms with Gasteiger partial charge in [-0.2, -0.15) is 0 Å². The van der Waals surface area contributed by atoms with E-state index >= 15 is 0 Å². The van der Waals surface area contributed by atoms with Gasteiger partial charge in [-0.1, -0.05) is 42.3 Å². The predicted molar refractivity (Wildman–Crippen MR) is 114 cm³/mol. The van der Waals surface area contributed by atoms with Gasteiger partial charge in [0.15, 0.2) is 11.5 Å². The smallest absolute Gasteiger partial charge is 0.224 e. The maximum absolute atomic E-state index is 12.4. The van der Waals surface area contributed by atoms with Gasteiger partial charge in [0.2, 0.25) is 5.91 Å². The van der Waals surface area contributed by atoms with Gasteiger partial charge >= 0.3 is 0 Å². The molecule has 0 atom stereocenters. The molecule has 4 rings (SSSR count). The van der Waals surface area contributed by atoms with Gasteiger partial charge in [-0.3, -0.25) is 9.69 Å². The molecule has 1 fully saturated rings. The quantitative estimate of drug-likeness (QED) is 0.777. The second kappa shape index (κ2) is 9.51. The Balaban J connectivity index is 1.28. The molecule has 1 saturated heterocycles. The third-order valence-corrected chi connectivity index (χ3v) is 5.67. The summed E-state index contributed by atoms with van der Waals surface area (Å²) >= 11 is 6.25. The summed E-state index contributed by atoms with van der Waals surface area (Å²) in [6, 6.07) is 12.1. The number of rotatable bonds is 6. The second-order valence-electron chi connectivity index (χ2n) is 7.71. The van der Waals surface area contributed by atoms with Gasteiger partial charge in [-0.25, -0.2) is 0 Å². The number of halogens is 1. The van der Waals surface area contributed by atoms with Crippen LogP contribution in [0.3, 0.4) is 0 Å². The van der Waals surface area contributed by atoms with Gasteiger partial charge < -0.3 is 14.8 Å². The van der Waals surface area contributed by atoms with Gasteiger partial charge in [0.1, 0.15) is 13.2 Å². The van der Waals surface area contributed by atoms with Gasteiger partial charge in [0.25, 0.3) is 0 Å². The average Bonchev–Trinajstić information content (AvgIpc) is 2.74. The minimum atomic E-state index is -0.0462. The molecule has 5 nitrogen and oxygen atoms in total. The van der Waals surface area contributed by atoms with Crippen molar-refractivity contribution in [3.8, 4) is 11.5 Å². The largest absolute Gasteiger partial charge is 0.486 e. The van der Waals surface area contributed by atoms with E-state index in [0.29, 0.717) is 36.3 Å². The Kier molecular flexibility index (Phi) is 6.57. The molecule has 0 bridgehead atoms. The lowest BCUT2D eigenvalue weighted by Gasteiger charge is -2.26. The number of amides is 1. The number of hydrogen-bond acceptors (Lipinski definition) is 4. The van der Waals surface area contributed by atoms with Crippen molar-refractivity contribution in [2.45, 2.75) is 38.8 Å². The number of carbonyl (C=O) groups is 1. The first-order chi connectivity index (χ1) is 14.2. The summed E-state index contributed by atoms with van der Waals surface area (Å²) in [7, 11) is 0. The number of carbonyl (C=O) groups excluding carboxylic acids is 1. The van der Waals surface area contributed by atoms with Crippen LogP contribution in [0.15, 0.2) is 36.4 Å². The fourth-order valence-electron chi connectivity index (χ4n) is 3.85. The average molecular weight is 415 g/mol. The molecule has 0 aromatic heterocycles. The number of likely N-dealkylation sites (tertiary alicyclic amines) is 1. The lowest BCUT2D eigenvalue weighted by molar-refractivity contribution is -0.120. The molecule has 2 aliphatic heterocycles. The van der Waals surface area contributed by atoms with E-state index in [1.165, 1.54) is 37.9 Å². The van der Waals surface area contributed by atoms with E-state index in [-0.39, 0.29) is 12.3 Å². The molecule has 2 heterocycles. The number of benzene rings is 2. The monoisotopic (exact) mass is 414 g/mol. The molecule has 29 heavy (non-hydrogen) atoms. The molecule has 0 spiro atoms. The van der Waals surface area contributed by atoms with Gasteiger partial charge in [0, 0.05) is 13.1 Å². The number of piperidine rings is 1. The SMILES string of the molecule is O=C(Cc1cc(Cl)c2c(c1)OCCO2)NCc1ccc(CN2CCCCC2)cc1. The van der Waals surface area contributed by atoms with Gasteiger partial charge in [-0.05, 0) is 54.8 Å². The topological polar surface area (TPSA) is 50.8 Å². The molecule has 0 saturated carbocycles. The van der Waals surface area contributed by atoms with Crippen molar-refractivity contribution in [3.63, 3.8) is 0 Å². The Labute approximate surface area is 176 Å². The van der Waals surface area contributed by atoms with Crippen molar-refractivity contribution < 1.29 is 14.3 Å². The minimum absolute atomic E-state index is 0.0462.